The summed E-state index contributed by atoms with van der Waals surface area (Å²) in [5.41, 5.74) is 1.58. The van der Waals surface area contributed by atoms with Crippen LogP contribution in [-0.2, 0) is 7.05 Å². The standard InChI is InChI=1S/C18H21N3O2/c1-19-10-11-21(16(13-19)14-6-4-3-5-7-14)18(23)15-8-9-17(22)20(2)12-15/h3-9,12,16H,10-11,13H2,1-2H3. The predicted molar refractivity (Wildman–Crippen MR) is 89.4 cm³/mol. The molecule has 0 saturated carbocycles. The second-order valence-corrected chi connectivity index (χ2v) is 6.05. The largest absolute Gasteiger partial charge is 0.329 e. The second-order valence-electron chi connectivity index (χ2n) is 6.05. The highest BCUT2D eigenvalue weighted by Crippen LogP contribution is 2.26. The Balaban J connectivity index is 1.93. The number of carbonyl (C=O) groups excluding carboxylic acids is 1. The summed E-state index contributed by atoms with van der Waals surface area (Å²) in [5.74, 6) is -0.0254. The first kappa shape index (κ1) is 15.5. The van der Waals surface area contributed by atoms with Gasteiger partial charge < -0.3 is 14.4 Å². The van der Waals surface area contributed by atoms with Crippen LogP contribution >= 0.6 is 0 Å². The van der Waals surface area contributed by atoms with Crippen LogP contribution in [0.1, 0.15) is 22.0 Å². The van der Waals surface area contributed by atoms with E-state index < -0.39 is 0 Å². The summed E-state index contributed by atoms with van der Waals surface area (Å²) in [6.45, 7) is 2.33. The van der Waals surface area contributed by atoms with Crippen LogP contribution in [0, 0.1) is 0 Å². The molecule has 0 bridgehead atoms. The predicted octanol–water partition coefficient (Wildman–Crippen LogP) is 1.51. The SMILES string of the molecule is CN1CCN(C(=O)c2ccc(=O)n(C)c2)C(c2ccccc2)C1. The van der Waals surface area contributed by atoms with E-state index in [0.717, 1.165) is 18.7 Å². The molecule has 3 rings (SSSR count). The Kier molecular flexibility index (Phi) is 4.30. The molecule has 1 aromatic heterocycles. The van der Waals surface area contributed by atoms with Crippen LogP contribution in [0.5, 0.6) is 0 Å². The molecule has 5 nitrogen and oxygen atoms in total. The molecule has 1 unspecified atom stereocenters. The van der Waals surface area contributed by atoms with Gasteiger partial charge in [0, 0.05) is 38.9 Å². The van der Waals surface area contributed by atoms with Crippen LogP contribution in [0.4, 0.5) is 0 Å². The lowest BCUT2D eigenvalue weighted by Gasteiger charge is -2.40. The monoisotopic (exact) mass is 311 g/mol. The van der Waals surface area contributed by atoms with Gasteiger partial charge in [-0.15, -0.1) is 0 Å². The molecular formula is C18H21N3O2. The van der Waals surface area contributed by atoms with Crippen molar-refractivity contribution >= 4 is 5.91 Å². The Hall–Kier alpha value is -2.40. The normalized spacial score (nSPS) is 18.9. The average Bonchev–Trinajstić information content (AvgIpc) is 2.57. The average molecular weight is 311 g/mol. The van der Waals surface area contributed by atoms with Crippen molar-refractivity contribution in [3.05, 3.63) is 70.1 Å². The number of aryl methyl sites for hydroxylation is 1. The quantitative estimate of drug-likeness (QED) is 0.844. The van der Waals surface area contributed by atoms with Crippen molar-refractivity contribution in [3.63, 3.8) is 0 Å². The van der Waals surface area contributed by atoms with E-state index in [1.807, 2.05) is 23.1 Å². The highest BCUT2D eigenvalue weighted by Gasteiger charge is 2.30. The number of pyridine rings is 1. The highest BCUT2D eigenvalue weighted by atomic mass is 16.2. The van der Waals surface area contributed by atoms with Crippen LogP contribution in [0.15, 0.2) is 53.5 Å². The number of likely N-dealkylation sites (N-methyl/N-ethyl adjacent to an activating group) is 1. The van der Waals surface area contributed by atoms with Crippen LogP contribution in [0.3, 0.4) is 0 Å². The molecule has 1 aromatic carbocycles. The summed E-state index contributed by atoms with van der Waals surface area (Å²) in [7, 11) is 3.74. The molecule has 5 heteroatoms. The van der Waals surface area contributed by atoms with E-state index in [2.05, 4.69) is 24.1 Å². The lowest BCUT2D eigenvalue weighted by molar-refractivity contribution is 0.0497. The molecule has 2 heterocycles. The maximum atomic E-state index is 12.9. The molecule has 1 aliphatic rings. The number of benzene rings is 1. The first-order valence-electron chi connectivity index (χ1n) is 7.77. The van der Waals surface area contributed by atoms with E-state index in [9.17, 15) is 9.59 Å². The maximum absolute atomic E-state index is 12.9. The number of carbonyl (C=O) groups is 1. The Morgan fingerprint density at radius 1 is 1.04 bits per heavy atom. The zero-order chi connectivity index (χ0) is 16.4. The van der Waals surface area contributed by atoms with E-state index >= 15 is 0 Å². The number of piperazine rings is 1. The van der Waals surface area contributed by atoms with Crippen molar-refractivity contribution in [2.24, 2.45) is 7.05 Å². The summed E-state index contributed by atoms with van der Waals surface area (Å²) in [6.07, 6.45) is 1.62. The lowest BCUT2D eigenvalue weighted by atomic mass is 10.0. The molecule has 0 N–H and O–H groups in total. The van der Waals surface area contributed by atoms with Crippen LogP contribution in [0.2, 0.25) is 0 Å². The third-order valence-corrected chi connectivity index (χ3v) is 4.36. The number of amides is 1. The van der Waals surface area contributed by atoms with E-state index in [4.69, 9.17) is 0 Å². The third kappa shape index (κ3) is 3.19. The zero-order valence-corrected chi connectivity index (χ0v) is 13.5. The van der Waals surface area contributed by atoms with Gasteiger partial charge in [0.1, 0.15) is 0 Å². The molecule has 120 valence electrons. The molecular weight excluding hydrogens is 290 g/mol. The molecule has 1 fully saturated rings. The highest BCUT2D eigenvalue weighted by molar-refractivity contribution is 5.94. The first-order valence-corrected chi connectivity index (χ1v) is 7.77. The van der Waals surface area contributed by atoms with Gasteiger partial charge in [-0.25, -0.2) is 0 Å². The topological polar surface area (TPSA) is 45.6 Å². The fourth-order valence-electron chi connectivity index (χ4n) is 3.01. The van der Waals surface area contributed by atoms with Crippen LogP contribution in [-0.4, -0.2) is 47.0 Å². The minimum Gasteiger partial charge on any atom is -0.329 e. The molecule has 1 amide bonds. The van der Waals surface area contributed by atoms with Gasteiger partial charge in [0.05, 0.1) is 11.6 Å². The summed E-state index contributed by atoms with van der Waals surface area (Å²) >= 11 is 0. The number of rotatable bonds is 2. The van der Waals surface area contributed by atoms with Gasteiger partial charge in [-0.1, -0.05) is 30.3 Å². The van der Waals surface area contributed by atoms with Crippen molar-refractivity contribution < 1.29 is 4.79 Å². The minimum atomic E-state index is -0.112. The van der Waals surface area contributed by atoms with Crippen LogP contribution in [0.25, 0.3) is 0 Å². The Bertz CT molecular complexity index is 754. The maximum Gasteiger partial charge on any atom is 0.255 e. The molecule has 1 saturated heterocycles. The molecule has 0 aliphatic carbocycles. The van der Waals surface area contributed by atoms with Crippen LogP contribution < -0.4 is 5.56 Å². The Labute approximate surface area is 135 Å². The van der Waals surface area contributed by atoms with E-state index in [-0.39, 0.29) is 17.5 Å². The fourth-order valence-corrected chi connectivity index (χ4v) is 3.01. The molecule has 0 spiro atoms. The number of hydrogen-bond donors (Lipinski definition) is 0. The smallest absolute Gasteiger partial charge is 0.255 e. The molecule has 2 aromatic rings. The second kappa shape index (κ2) is 6.38. The fraction of sp³-hybridized carbons (Fsp3) is 0.333. The van der Waals surface area contributed by atoms with Gasteiger partial charge in [0.15, 0.2) is 0 Å². The van der Waals surface area contributed by atoms with Gasteiger partial charge in [-0.3, -0.25) is 9.59 Å². The van der Waals surface area contributed by atoms with Crippen molar-refractivity contribution in [3.8, 4) is 0 Å². The summed E-state index contributed by atoms with van der Waals surface area (Å²) in [5, 5.41) is 0. The zero-order valence-electron chi connectivity index (χ0n) is 13.5. The number of hydrogen-bond acceptors (Lipinski definition) is 3. The van der Waals surface area contributed by atoms with Gasteiger partial charge in [0.2, 0.25) is 5.56 Å². The van der Waals surface area contributed by atoms with Crippen molar-refractivity contribution in [1.29, 1.82) is 0 Å². The number of aromatic nitrogens is 1. The lowest BCUT2D eigenvalue weighted by Crippen LogP contribution is -2.49. The summed E-state index contributed by atoms with van der Waals surface area (Å²) < 4.78 is 1.45. The Morgan fingerprint density at radius 3 is 2.48 bits per heavy atom. The molecule has 1 atom stereocenters. The molecule has 1 aliphatic heterocycles. The minimum absolute atomic E-state index is 0.0254. The van der Waals surface area contributed by atoms with Gasteiger partial charge in [-0.2, -0.15) is 0 Å². The van der Waals surface area contributed by atoms with Gasteiger partial charge in [-0.05, 0) is 18.7 Å². The third-order valence-electron chi connectivity index (χ3n) is 4.36. The van der Waals surface area contributed by atoms with E-state index in [0.29, 0.717) is 12.1 Å². The number of nitrogens with zero attached hydrogens (tertiary/aromatic N) is 3. The van der Waals surface area contributed by atoms with E-state index in [1.54, 1.807) is 19.3 Å². The van der Waals surface area contributed by atoms with Gasteiger partial charge >= 0.3 is 0 Å². The van der Waals surface area contributed by atoms with E-state index in [1.165, 1.54) is 10.6 Å². The Morgan fingerprint density at radius 2 is 1.78 bits per heavy atom. The molecule has 23 heavy (non-hydrogen) atoms. The first-order chi connectivity index (χ1) is 11.1. The molecule has 0 radical (unpaired) electrons. The van der Waals surface area contributed by atoms with Crippen molar-refractivity contribution in [1.82, 2.24) is 14.4 Å². The summed E-state index contributed by atoms with van der Waals surface area (Å²) in [4.78, 5) is 28.6. The van der Waals surface area contributed by atoms with Crippen molar-refractivity contribution in [2.45, 2.75) is 6.04 Å². The van der Waals surface area contributed by atoms with Crippen molar-refractivity contribution in [2.75, 3.05) is 26.7 Å². The van der Waals surface area contributed by atoms with Gasteiger partial charge in [0.25, 0.3) is 5.91 Å². The summed E-state index contributed by atoms with van der Waals surface area (Å²) in [6, 6.07) is 13.2.